The second-order valence-corrected chi connectivity index (χ2v) is 7.02. The lowest BCUT2D eigenvalue weighted by Gasteiger charge is -2.12. The van der Waals surface area contributed by atoms with Crippen LogP contribution in [-0.2, 0) is 22.6 Å². The minimum Gasteiger partial charge on any atom is -0.497 e. The van der Waals surface area contributed by atoms with E-state index in [2.05, 4.69) is 16.0 Å². The Morgan fingerprint density at radius 3 is 2.16 bits per heavy atom. The number of ether oxygens (including phenoxy) is 1. The van der Waals surface area contributed by atoms with E-state index in [0.717, 1.165) is 11.1 Å². The topological polar surface area (TPSA) is 96.5 Å². The van der Waals surface area contributed by atoms with Crippen LogP contribution in [0, 0.1) is 0 Å². The molecule has 0 saturated carbocycles. The van der Waals surface area contributed by atoms with Gasteiger partial charge in [-0.2, -0.15) is 0 Å². The van der Waals surface area contributed by atoms with Crippen LogP contribution in [0.2, 0.25) is 0 Å². The van der Waals surface area contributed by atoms with Gasteiger partial charge in [0.2, 0.25) is 0 Å². The van der Waals surface area contributed by atoms with Crippen molar-refractivity contribution < 1.29 is 19.1 Å². The fraction of sp³-hybridized carbons (Fsp3) is 0.160. The van der Waals surface area contributed by atoms with Gasteiger partial charge in [0, 0.05) is 13.1 Å². The van der Waals surface area contributed by atoms with Crippen LogP contribution < -0.4 is 20.7 Å². The first-order valence-electron chi connectivity index (χ1n) is 10.2. The van der Waals surface area contributed by atoms with Crippen molar-refractivity contribution in [1.82, 2.24) is 10.6 Å². The van der Waals surface area contributed by atoms with Crippen molar-refractivity contribution in [2.24, 2.45) is 0 Å². The molecule has 0 spiro atoms. The van der Waals surface area contributed by atoms with Gasteiger partial charge in [-0.05, 0) is 41.8 Å². The predicted octanol–water partition coefficient (Wildman–Crippen LogP) is 2.92. The van der Waals surface area contributed by atoms with E-state index < -0.39 is 11.8 Å². The lowest BCUT2D eigenvalue weighted by molar-refractivity contribution is -0.136. The van der Waals surface area contributed by atoms with E-state index in [9.17, 15) is 14.4 Å². The average Bonchev–Trinajstić information content (AvgIpc) is 2.83. The quantitative estimate of drug-likeness (QED) is 0.478. The third kappa shape index (κ3) is 6.43. The first-order chi connectivity index (χ1) is 15.6. The number of nitrogens with one attached hydrogen (secondary N) is 3. The van der Waals surface area contributed by atoms with E-state index in [1.165, 1.54) is 0 Å². The Morgan fingerprint density at radius 2 is 1.44 bits per heavy atom. The molecule has 0 fully saturated rings. The molecule has 3 aromatic carbocycles. The summed E-state index contributed by atoms with van der Waals surface area (Å²) in [6, 6.07) is 23.5. The van der Waals surface area contributed by atoms with Crippen LogP contribution in [0.1, 0.15) is 21.5 Å². The van der Waals surface area contributed by atoms with E-state index >= 15 is 0 Å². The molecule has 164 valence electrons. The molecule has 0 radical (unpaired) electrons. The molecule has 3 rings (SSSR count). The smallest absolute Gasteiger partial charge is 0.313 e. The summed E-state index contributed by atoms with van der Waals surface area (Å²) in [4.78, 5) is 37.1. The summed E-state index contributed by atoms with van der Waals surface area (Å²) >= 11 is 0. The SMILES string of the molecule is COc1ccc(CNC(=O)C(=O)Nc2ccccc2C(=O)NCCc2ccccc2)cc1. The predicted molar refractivity (Wildman–Crippen MR) is 122 cm³/mol. The molecule has 0 aromatic heterocycles. The number of hydrogen-bond donors (Lipinski definition) is 3. The summed E-state index contributed by atoms with van der Waals surface area (Å²) in [6.45, 7) is 0.644. The van der Waals surface area contributed by atoms with E-state index in [1.54, 1.807) is 55.6 Å². The largest absolute Gasteiger partial charge is 0.497 e. The van der Waals surface area contributed by atoms with Gasteiger partial charge in [-0.15, -0.1) is 0 Å². The highest BCUT2D eigenvalue weighted by Gasteiger charge is 2.17. The summed E-state index contributed by atoms with van der Waals surface area (Å²) in [5.74, 6) is -1.25. The zero-order valence-electron chi connectivity index (χ0n) is 17.8. The van der Waals surface area contributed by atoms with Crippen LogP contribution in [0.25, 0.3) is 0 Å². The van der Waals surface area contributed by atoms with Crippen molar-refractivity contribution >= 4 is 23.4 Å². The Hall–Kier alpha value is -4.13. The number of methoxy groups -OCH3 is 1. The minimum atomic E-state index is -0.844. The lowest BCUT2D eigenvalue weighted by atomic mass is 10.1. The molecule has 0 saturated heterocycles. The number of benzene rings is 3. The third-order valence-electron chi connectivity index (χ3n) is 4.78. The standard InChI is InChI=1S/C25H25N3O4/c1-32-20-13-11-19(12-14-20)17-27-24(30)25(31)28-22-10-6-5-9-21(22)23(29)26-16-15-18-7-3-2-4-8-18/h2-14H,15-17H2,1H3,(H,26,29)(H,27,30)(H,28,31). The highest BCUT2D eigenvalue weighted by atomic mass is 16.5. The van der Waals surface area contributed by atoms with Crippen LogP contribution in [0.3, 0.4) is 0 Å². The maximum Gasteiger partial charge on any atom is 0.313 e. The molecule has 3 N–H and O–H groups in total. The van der Waals surface area contributed by atoms with Crippen LogP contribution in [0.15, 0.2) is 78.9 Å². The van der Waals surface area contributed by atoms with E-state index in [1.807, 2.05) is 30.3 Å². The molecule has 7 heteroatoms. The normalized spacial score (nSPS) is 10.2. The highest BCUT2D eigenvalue weighted by molar-refractivity contribution is 6.40. The highest BCUT2D eigenvalue weighted by Crippen LogP contribution is 2.15. The molecule has 0 atom stereocenters. The second-order valence-electron chi connectivity index (χ2n) is 7.02. The Bertz CT molecular complexity index is 1070. The number of carbonyl (C=O) groups is 3. The Labute approximate surface area is 186 Å². The molecule has 0 unspecified atom stereocenters. The van der Waals surface area contributed by atoms with Gasteiger partial charge >= 0.3 is 11.8 Å². The number of carbonyl (C=O) groups excluding carboxylic acids is 3. The monoisotopic (exact) mass is 431 g/mol. The maximum absolute atomic E-state index is 12.6. The maximum atomic E-state index is 12.6. The number of para-hydroxylation sites is 1. The van der Waals surface area contributed by atoms with Crippen molar-refractivity contribution in [2.75, 3.05) is 19.0 Å². The van der Waals surface area contributed by atoms with Gasteiger partial charge in [0.25, 0.3) is 5.91 Å². The molecule has 3 aromatic rings. The van der Waals surface area contributed by atoms with Crippen LogP contribution in [0.5, 0.6) is 5.75 Å². The molecule has 0 aliphatic rings. The van der Waals surface area contributed by atoms with Gasteiger partial charge in [0.1, 0.15) is 5.75 Å². The molecule has 7 nitrogen and oxygen atoms in total. The van der Waals surface area contributed by atoms with Crippen molar-refractivity contribution in [3.63, 3.8) is 0 Å². The van der Waals surface area contributed by atoms with Gasteiger partial charge in [-0.3, -0.25) is 14.4 Å². The fourth-order valence-electron chi connectivity index (χ4n) is 3.04. The Balaban J connectivity index is 1.53. The van der Waals surface area contributed by atoms with Gasteiger partial charge in [-0.1, -0.05) is 54.6 Å². The molecule has 0 aliphatic heterocycles. The van der Waals surface area contributed by atoms with Crippen molar-refractivity contribution in [1.29, 1.82) is 0 Å². The molecular formula is C25H25N3O4. The van der Waals surface area contributed by atoms with Crippen molar-refractivity contribution in [2.45, 2.75) is 13.0 Å². The Morgan fingerprint density at radius 1 is 0.750 bits per heavy atom. The number of rotatable bonds is 8. The number of amides is 3. The average molecular weight is 431 g/mol. The van der Waals surface area contributed by atoms with Crippen molar-refractivity contribution in [3.05, 3.63) is 95.6 Å². The van der Waals surface area contributed by atoms with Gasteiger partial charge < -0.3 is 20.7 Å². The summed E-state index contributed by atoms with van der Waals surface area (Å²) in [5.41, 5.74) is 2.50. The lowest BCUT2D eigenvalue weighted by Crippen LogP contribution is -2.35. The summed E-state index contributed by atoms with van der Waals surface area (Å²) in [5, 5.41) is 7.93. The zero-order valence-corrected chi connectivity index (χ0v) is 17.8. The molecule has 0 aliphatic carbocycles. The fourth-order valence-corrected chi connectivity index (χ4v) is 3.04. The molecule has 0 bridgehead atoms. The van der Waals surface area contributed by atoms with Crippen LogP contribution in [-0.4, -0.2) is 31.4 Å². The first-order valence-corrected chi connectivity index (χ1v) is 10.2. The van der Waals surface area contributed by atoms with Gasteiger partial charge in [-0.25, -0.2) is 0 Å². The van der Waals surface area contributed by atoms with E-state index in [4.69, 9.17) is 4.74 Å². The zero-order chi connectivity index (χ0) is 22.8. The molecule has 0 heterocycles. The minimum absolute atomic E-state index is 0.192. The van der Waals surface area contributed by atoms with E-state index in [-0.39, 0.29) is 23.7 Å². The van der Waals surface area contributed by atoms with Gasteiger partial charge in [0.15, 0.2) is 0 Å². The molecular weight excluding hydrogens is 406 g/mol. The van der Waals surface area contributed by atoms with E-state index in [0.29, 0.717) is 18.7 Å². The summed E-state index contributed by atoms with van der Waals surface area (Å²) < 4.78 is 5.09. The summed E-state index contributed by atoms with van der Waals surface area (Å²) in [7, 11) is 1.57. The number of anilines is 1. The van der Waals surface area contributed by atoms with Crippen LogP contribution in [0.4, 0.5) is 5.69 Å². The summed E-state index contributed by atoms with van der Waals surface area (Å²) in [6.07, 6.45) is 0.689. The molecule has 32 heavy (non-hydrogen) atoms. The molecule has 3 amide bonds. The third-order valence-corrected chi connectivity index (χ3v) is 4.78. The van der Waals surface area contributed by atoms with Gasteiger partial charge in [0.05, 0.1) is 18.4 Å². The van der Waals surface area contributed by atoms with Crippen molar-refractivity contribution in [3.8, 4) is 5.75 Å². The number of hydrogen-bond acceptors (Lipinski definition) is 4. The first kappa shape index (κ1) is 22.6. The Kier molecular flexibility index (Phi) is 7.97. The van der Waals surface area contributed by atoms with Crippen LogP contribution >= 0.6 is 0 Å². The second kappa shape index (κ2) is 11.3.